The van der Waals surface area contributed by atoms with E-state index in [4.69, 9.17) is 23.8 Å². The minimum absolute atomic E-state index is 0.0114. The SMILES string of the molecule is CC(C)CN1C(=S)N[C@@H](c2ccccn2)[C@H]1c1cccn1-c1ccc(Cl)cn1. The summed E-state index contributed by atoms with van der Waals surface area (Å²) in [4.78, 5) is 11.4. The quantitative estimate of drug-likeness (QED) is 0.624. The molecule has 0 amide bonds. The first-order chi connectivity index (χ1) is 13.5. The third-order valence-electron chi connectivity index (χ3n) is 4.80. The minimum Gasteiger partial charge on any atom is -0.352 e. The Balaban J connectivity index is 1.80. The molecule has 1 fully saturated rings. The molecule has 0 saturated carbocycles. The summed E-state index contributed by atoms with van der Waals surface area (Å²) in [6.07, 6.45) is 5.51. The molecule has 1 N–H and O–H groups in total. The van der Waals surface area contributed by atoms with Crippen LogP contribution in [0, 0.1) is 5.92 Å². The van der Waals surface area contributed by atoms with Crippen LogP contribution in [0.15, 0.2) is 61.1 Å². The highest BCUT2D eigenvalue weighted by Crippen LogP contribution is 2.39. The summed E-state index contributed by atoms with van der Waals surface area (Å²) in [7, 11) is 0. The van der Waals surface area contributed by atoms with E-state index in [1.165, 1.54) is 0 Å². The van der Waals surface area contributed by atoms with E-state index in [0.29, 0.717) is 10.9 Å². The molecule has 0 aliphatic carbocycles. The van der Waals surface area contributed by atoms with Gasteiger partial charge in [-0.3, -0.25) is 4.98 Å². The van der Waals surface area contributed by atoms with Gasteiger partial charge in [0.1, 0.15) is 5.82 Å². The first kappa shape index (κ1) is 18.9. The number of rotatable bonds is 5. The molecule has 144 valence electrons. The van der Waals surface area contributed by atoms with Crippen LogP contribution in [0.5, 0.6) is 0 Å². The van der Waals surface area contributed by atoms with Crippen molar-refractivity contribution in [1.82, 2.24) is 24.8 Å². The summed E-state index contributed by atoms with van der Waals surface area (Å²) in [5.41, 5.74) is 2.08. The first-order valence-corrected chi connectivity index (χ1v) is 10.1. The van der Waals surface area contributed by atoms with Crippen LogP contribution < -0.4 is 5.32 Å². The van der Waals surface area contributed by atoms with E-state index in [0.717, 1.165) is 28.9 Å². The Hall–Kier alpha value is -2.44. The zero-order valence-electron chi connectivity index (χ0n) is 15.8. The summed E-state index contributed by atoms with van der Waals surface area (Å²) in [6, 6.07) is 13.9. The fourth-order valence-electron chi connectivity index (χ4n) is 3.67. The maximum Gasteiger partial charge on any atom is 0.170 e. The third kappa shape index (κ3) is 3.62. The summed E-state index contributed by atoms with van der Waals surface area (Å²) in [6.45, 7) is 5.26. The molecule has 1 saturated heterocycles. The molecule has 1 aliphatic rings. The predicted molar refractivity (Wildman–Crippen MR) is 116 cm³/mol. The molecule has 4 rings (SSSR count). The number of pyridine rings is 2. The summed E-state index contributed by atoms with van der Waals surface area (Å²) in [5, 5.41) is 4.87. The van der Waals surface area contributed by atoms with Gasteiger partial charge in [-0.1, -0.05) is 31.5 Å². The van der Waals surface area contributed by atoms with E-state index >= 15 is 0 Å². The molecule has 3 aromatic rings. The Morgan fingerprint density at radius 2 is 2.00 bits per heavy atom. The molecule has 4 heterocycles. The molecule has 28 heavy (non-hydrogen) atoms. The van der Waals surface area contributed by atoms with Crippen LogP contribution in [0.25, 0.3) is 5.82 Å². The fourth-order valence-corrected chi connectivity index (χ4v) is 4.10. The van der Waals surface area contributed by atoms with Crippen LogP contribution in [-0.4, -0.2) is 31.1 Å². The van der Waals surface area contributed by atoms with E-state index in [-0.39, 0.29) is 12.1 Å². The highest BCUT2D eigenvalue weighted by molar-refractivity contribution is 7.80. The van der Waals surface area contributed by atoms with Crippen molar-refractivity contribution in [2.24, 2.45) is 5.92 Å². The van der Waals surface area contributed by atoms with Gasteiger partial charge < -0.3 is 14.8 Å². The van der Waals surface area contributed by atoms with Crippen molar-refractivity contribution in [3.63, 3.8) is 0 Å². The van der Waals surface area contributed by atoms with Crippen LogP contribution in [-0.2, 0) is 0 Å². The van der Waals surface area contributed by atoms with E-state index in [9.17, 15) is 0 Å². The van der Waals surface area contributed by atoms with Gasteiger partial charge in [0.15, 0.2) is 5.11 Å². The number of aromatic nitrogens is 3. The number of halogens is 1. The first-order valence-electron chi connectivity index (χ1n) is 9.32. The number of hydrogen-bond acceptors (Lipinski definition) is 3. The van der Waals surface area contributed by atoms with Crippen molar-refractivity contribution in [2.75, 3.05) is 6.54 Å². The lowest BCUT2D eigenvalue weighted by Crippen LogP contribution is -2.33. The van der Waals surface area contributed by atoms with Crippen LogP contribution in [0.4, 0.5) is 0 Å². The molecule has 2 atom stereocenters. The highest BCUT2D eigenvalue weighted by atomic mass is 35.5. The van der Waals surface area contributed by atoms with Gasteiger partial charge in [0.25, 0.3) is 0 Å². The lowest BCUT2D eigenvalue weighted by molar-refractivity contribution is 0.280. The van der Waals surface area contributed by atoms with E-state index < -0.39 is 0 Å². The predicted octanol–water partition coefficient (Wildman–Crippen LogP) is 4.55. The summed E-state index contributed by atoms with van der Waals surface area (Å²) in [5.74, 6) is 1.30. The molecule has 1 aliphatic heterocycles. The maximum absolute atomic E-state index is 6.03. The second-order valence-corrected chi connectivity index (χ2v) is 8.13. The van der Waals surface area contributed by atoms with Gasteiger partial charge in [-0.05, 0) is 54.5 Å². The van der Waals surface area contributed by atoms with Crippen LogP contribution in [0.3, 0.4) is 0 Å². The standard InChI is InChI=1S/C21H22ClN5S/c1-14(2)13-27-20(19(25-21(27)28)16-6-3-4-10-23-16)17-7-5-11-26(17)18-9-8-15(22)12-24-18/h3-12,14,19-20H,13H2,1-2H3,(H,25,28)/t19-,20+/m0/s1. The van der Waals surface area contributed by atoms with Gasteiger partial charge in [-0.15, -0.1) is 0 Å². The molecule has 7 heteroatoms. The van der Waals surface area contributed by atoms with Gasteiger partial charge in [0.2, 0.25) is 0 Å². The Bertz CT molecular complexity index is 954. The summed E-state index contributed by atoms with van der Waals surface area (Å²) >= 11 is 11.7. The lowest BCUT2D eigenvalue weighted by atomic mass is 10.0. The molecule has 0 aromatic carbocycles. The molecule has 5 nitrogen and oxygen atoms in total. The number of nitrogens with zero attached hydrogens (tertiary/aromatic N) is 4. The van der Waals surface area contributed by atoms with Crippen LogP contribution in [0.1, 0.15) is 37.3 Å². The Kier molecular flexibility index (Phi) is 5.33. The highest BCUT2D eigenvalue weighted by Gasteiger charge is 2.41. The Morgan fingerprint density at radius 1 is 1.14 bits per heavy atom. The van der Waals surface area contributed by atoms with Crippen molar-refractivity contribution in [2.45, 2.75) is 25.9 Å². The van der Waals surface area contributed by atoms with E-state index in [2.05, 4.69) is 44.7 Å². The maximum atomic E-state index is 6.03. The van der Waals surface area contributed by atoms with Crippen LogP contribution in [0.2, 0.25) is 5.02 Å². The van der Waals surface area contributed by atoms with Gasteiger partial charge in [0.05, 0.1) is 22.8 Å². The molecule has 0 radical (unpaired) electrons. The monoisotopic (exact) mass is 411 g/mol. The zero-order valence-corrected chi connectivity index (χ0v) is 17.4. The molecule has 0 unspecified atom stereocenters. The van der Waals surface area contributed by atoms with Crippen molar-refractivity contribution in [3.8, 4) is 5.82 Å². The normalized spacial score (nSPS) is 19.3. The second kappa shape index (κ2) is 7.89. The van der Waals surface area contributed by atoms with Crippen molar-refractivity contribution >= 4 is 28.9 Å². The van der Waals surface area contributed by atoms with Crippen molar-refractivity contribution in [3.05, 3.63) is 77.5 Å². The van der Waals surface area contributed by atoms with E-state index in [1.807, 2.05) is 48.8 Å². The zero-order chi connectivity index (χ0) is 19.7. The smallest absolute Gasteiger partial charge is 0.170 e. The number of hydrogen-bond donors (Lipinski definition) is 1. The lowest BCUT2D eigenvalue weighted by Gasteiger charge is -2.30. The van der Waals surface area contributed by atoms with Crippen molar-refractivity contribution < 1.29 is 0 Å². The molecule has 3 aromatic heterocycles. The third-order valence-corrected chi connectivity index (χ3v) is 5.38. The molecular formula is C21H22ClN5S. The topological polar surface area (TPSA) is 46.0 Å². The fraction of sp³-hybridized carbons (Fsp3) is 0.286. The number of thiocarbonyl (C=S) groups is 1. The van der Waals surface area contributed by atoms with Gasteiger partial charge in [0, 0.05) is 30.8 Å². The van der Waals surface area contributed by atoms with E-state index in [1.54, 1.807) is 6.20 Å². The molecular weight excluding hydrogens is 390 g/mol. The van der Waals surface area contributed by atoms with Crippen LogP contribution >= 0.6 is 23.8 Å². The van der Waals surface area contributed by atoms with Gasteiger partial charge in [-0.25, -0.2) is 4.98 Å². The van der Waals surface area contributed by atoms with Crippen molar-refractivity contribution in [1.29, 1.82) is 0 Å². The molecule has 0 spiro atoms. The Labute approximate surface area is 175 Å². The average molecular weight is 412 g/mol. The Morgan fingerprint density at radius 3 is 2.68 bits per heavy atom. The van der Waals surface area contributed by atoms with Gasteiger partial charge >= 0.3 is 0 Å². The molecule has 0 bridgehead atoms. The largest absolute Gasteiger partial charge is 0.352 e. The second-order valence-electron chi connectivity index (χ2n) is 7.31. The summed E-state index contributed by atoms with van der Waals surface area (Å²) < 4.78 is 2.10. The average Bonchev–Trinajstić information content (AvgIpc) is 3.28. The van der Waals surface area contributed by atoms with Gasteiger partial charge in [-0.2, -0.15) is 0 Å². The minimum atomic E-state index is -0.0339. The number of nitrogens with one attached hydrogen (secondary N) is 1.